The number of anilines is 1. The van der Waals surface area contributed by atoms with Crippen molar-refractivity contribution in [2.45, 2.75) is 114 Å². The number of aliphatic hydroxyl groups is 1. The zero-order valence-electron chi connectivity index (χ0n) is 24.2. The molecule has 0 aromatic heterocycles. The Bertz CT molecular complexity index is 1120. The number of benzene rings is 1. The standard InChI is InChI=1S/C30H44BN3O5/c1-20(35)26(36)33-15-11-30(12-16-33)24-10-9-21(31-38-28(2,3)29(4,5)39-31)17-25(24)34(27(30)37)23-18-22(19-23)32-13-7-6-8-14-32/h9-10,17,20,22-23,35H,6-8,11-16,18-19H2,1-5H3/t20-,22?,23?/m1/s1. The summed E-state index contributed by atoms with van der Waals surface area (Å²) in [6, 6.07) is 7.05. The fraction of sp³-hybridized carbons (Fsp3) is 0.733. The molecule has 1 saturated carbocycles. The molecule has 212 valence electrons. The van der Waals surface area contributed by atoms with Gasteiger partial charge in [-0.15, -0.1) is 0 Å². The van der Waals surface area contributed by atoms with E-state index >= 15 is 0 Å². The lowest BCUT2D eigenvalue weighted by atomic mass is 9.71. The second-order valence-electron chi connectivity index (χ2n) is 13.5. The van der Waals surface area contributed by atoms with Crippen LogP contribution < -0.4 is 10.4 Å². The number of aliphatic hydroxyl groups excluding tert-OH is 1. The average Bonchev–Trinajstić information content (AvgIpc) is 3.24. The number of amides is 2. The maximum absolute atomic E-state index is 14.4. The number of carbonyl (C=O) groups is 2. The first kappa shape index (κ1) is 27.2. The molecule has 0 unspecified atom stereocenters. The predicted octanol–water partition coefficient (Wildman–Crippen LogP) is 2.59. The van der Waals surface area contributed by atoms with E-state index < -0.39 is 29.8 Å². The monoisotopic (exact) mass is 537 g/mol. The first-order valence-electron chi connectivity index (χ1n) is 15.0. The molecule has 1 aromatic carbocycles. The molecule has 1 spiro atoms. The largest absolute Gasteiger partial charge is 0.494 e. The maximum Gasteiger partial charge on any atom is 0.494 e. The van der Waals surface area contributed by atoms with Crippen LogP contribution in [0.3, 0.4) is 0 Å². The fourth-order valence-corrected chi connectivity index (χ4v) is 7.30. The summed E-state index contributed by atoms with van der Waals surface area (Å²) in [7, 11) is -0.484. The summed E-state index contributed by atoms with van der Waals surface area (Å²) in [4.78, 5) is 33.3. The van der Waals surface area contributed by atoms with Gasteiger partial charge in [0, 0.05) is 30.9 Å². The van der Waals surface area contributed by atoms with Crippen molar-refractivity contribution in [2.24, 2.45) is 0 Å². The smallest absolute Gasteiger partial charge is 0.399 e. The van der Waals surface area contributed by atoms with Crippen molar-refractivity contribution < 1.29 is 24.0 Å². The summed E-state index contributed by atoms with van der Waals surface area (Å²) < 4.78 is 12.7. The van der Waals surface area contributed by atoms with Crippen molar-refractivity contribution in [3.05, 3.63) is 23.8 Å². The van der Waals surface area contributed by atoms with Gasteiger partial charge in [0.2, 0.25) is 5.91 Å². The molecule has 3 saturated heterocycles. The van der Waals surface area contributed by atoms with Crippen molar-refractivity contribution in [2.75, 3.05) is 31.1 Å². The van der Waals surface area contributed by atoms with E-state index in [-0.39, 0.29) is 17.9 Å². The Hall–Kier alpha value is -1.94. The molecule has 0 radical (unpaired) electrons. The van der Waals surface area contributed by atoms with Gasteiger partial charge in [-0.25, -0.2) is 0 Å². The fourth-order valence-electron chi connectivity index (χ4n) is 7.30. The summed E-state index contributed by atoms with van der Waals surface area (Å²) in [6.45, 7) is 13.0. The Kier molecular flexibility index (Phi) is 6.69. The van der Waals surface area contributed by atoms with Crippen LogP contribution in [-0.4, -0.2) is 89.4 Å². The Labute approximate surface area is 233 Å². The van der Waals surface area contributed by atoms with Crippen LogP contribution >= 0.6 is 0 Å². The Morgan fingerprint density at radius 2 is 1.59 bits per heavy atom. The quantitative estimate of drug-likeness (QED) is 0.595. The number of nitrogens with zero attached hydrogens (tertiary/aromatic N) is 3. The molecule has 1 aliphatic carbocycles. The van der Waals surface area contributed by atoms with E-state index in [0.717, 1.165) is 29.6 Å². The minimum atomic E-state index is -1.02. The van der Waals surface area contributed by atoms with E-state index in [9.17, 15) is 14.7 Å². The lowest BCUT2D eigenvalue weighted by Crippen LogP contribution is -2.58. The van der Waals surface area contributed by atoms with Gasteiger partial charge in [0.05, 0.1) is 16.6 Å². The topological polar surface area (TPSA) is 82.6 Å². The van der Waals surface area contributed by atoms with Crippen LogP contribution in [0.4, 0.5) is 5.69 Å². The Morgan fingerprint density at radius 3 is 2.18 bits per heavy atom. The molecule has 1 N–H and O–H groups in total. The molecule has 6 rings (SSSR count). The first-order valence-corrected chi connectivity index (χ1v) is 15.0. The van der Waals surface area contributed by atoms with E-state index in [2.05, 4.69) is 55.7 Å². The molecule has 4 heterocycles. The highest BCUT2D eigenvalue weighted by atomic mass is 16.7. The molecular formula is C30H44BN3O5. The van der Waals surface area contributed by atoms with Crippen molar-refractivity contribution >= 4 is 30.1 Å². The maximum atomic E-state index is 14.4. The van der Waals surface area contributed by atoms with Gasteiger partial charge in [0.25, 0.3) is 5.91 Å². The lowest BCUT2D eigenvalue weighted by molar-refractivity contribution is -0.142. The number of hydrogen-bond acceptors (Lipinski definition) is 6. The van der Waals surface area contributed by atoms with Crippen LogP contribution in [0.1, 0.15) is 85.1 Å². The Morgan fingerprint density at radius 1 is 0.974 bits per heavy atom. The molecule has 4 aliphatic heterocycles. The van der Waals surface area contributed by atoms with Crippen LogP contribution in [0.5, 0.6) is 0 Å². The number of rotatable bonds is 4. The summed E-state index contributed by atoms with van der Waals surface area (Å²) in [6.07, 6.45) is 6.01. The molecule has 0 bridgehead atoms. The molecule has 1 atom stereocenters. The van der Waals surface area contributed by atoms with Gasteiger partial charge in [0.1, 0.15) is 6.10 Å². The van der Waals surface area contributed by atoms with Gasteiger partial charge in [0.15, 0.2) is 0 Å². The average molecular weight is 538 g/mol. The van der Waals surface area contributed by atoms with Gasteiger partial charge in [-0.3, -0.25) is 9.59 Å². The summed E-state index contributed by atoms with van der Waals surface area (Å²) in [5.74, 6) is -0.0818. The predicted molar refractivity (Wildman–Crippen MR) is 151 cm³/mol. The number of hydrogen-bond donors (Lipinski definition) is 1. The summed E-state index contributed by atoms with van der Waals surface area (Å²) in [5.41, 5.74) is 1.49. The molecule has 4 fully saturated rings. The number of carbonyl (C=O) groups excluding carboxylic acids is 2. The second-order valence-corrected chi connectivity index (χ2v) is 13.5. The van der Waals surface area contributed by atoms with Crippen LogP contribution in [0, 0.1) is 0 Å². The highest BCUT2D eigenvalue weighted by Gasteiger charge is 2.57. The van der Waals surface area contributed by atoms with Gasteiger partial charge >= 0.3 is 7.12 Å². The molecule has 39 heavy (non-hydrogen) atoms. The van der Waals surface area contributed by atoms with E-state index in [1.807, 2.05) is 0 Å². The minimum absolute atomic E-state index is 0.176. The zero-order valence-corrected chi connectivity index (χ0v) is 24.2. The van der Waals surface area contributed by atoms with Crippen molar-refractivity contribution in [3.8, 4) is 0 Å². The molecule has 2 amide bonds. The van der Waals surface area contributed by atoms with Gasteiger partial charge in [-0.2, -0.15) is 0 Å². The van der Waals surface area contributed by atoms with Crippen molar-refractivity contribution in [1.29, 1.82) is 0 Å². The van der Waals surface area contributed by atoms with Crippen LogP contribution in [0.25, 0.3) is 0 Å². The lowest BCUT2D eigenvalue weighted by Gasteiger charge is -2.48. The van der Waals surface area contributed by atoms with Gasteiger partial charge < -0.3 is 29.1 Å². The summed E-state index contributed by atoms with van der Waals surface area (Å²) in [5, 5.41) is 9.84. The summed E-state index contributed by atoms with van der Waals surface area (Å²) >= 11 is 0. The number of likely N-dealkylation sites (tertiary alicyclic amines) is 2. The SMILES string of the molecule is C[C@@H](O)C(=O)N1CCC2(CC1)C(=O)N(C1CC(N3CCCCC3)C1)c1cc(B3OC(C)(C)C(C)(C)O3)ccc12. The van der Waals surface area contributed by atoms with Crippen LogP contribution in [0.15, 0.2) is 18.2 Å². The van der Waals surface area contributed by atoms with Crippen molar-refractivity contribution in [1.82, 2.24) is 9.80 Å². The highest BCUT2D eigenvalue weighted by Crippen LogP contribution is 2.51. The molecule has 1 aromatic rings. The second kappa shape index (κ2) is 9.57. The highest BCUT2D eigenvalue weighted by molar-refractivity contribution is 6.62. The third kappa shape index (κ3) is 4.35. The zero-order chi connectivity index (χ0) is 27.7. The minimum Gasteiger partial charge on any atom is -0.399 e. The first-order chi connectivity index (χ1) is 18.4. The van der Waals surface area contributed by atoms with E-state index in [1.165, 1.54) is 39.3 Å². The number of fused-ring (bicyclic) bond motifs is 2. The van der Waals surface area contributed by atoms with E-state index in [4.69, 9.17) is 9.31 Å². The van der Waals surface area contributed by atoms with Crippen LogP contribution in [-0.2, 0) is 24.3 Å². The van der Waals surface area contributed by atoms with Gasteiger partial charge in [-0.1, -0.05) is 18.6 Å². The number of piperidine rings is 2. The van der Waals surface area contributed by atoms with E-state index in [0.29, 0.717) is 32.0 Å². The third-order valence-electron chi connectivity index (χ3n) is 10.6. The molecule has 9 heteroatoms. The van der Waals surface area contributed by atoms with Crippen LogP contribution in [0.2, 0.25) is 0 Å². The molecular weight excluding hydrogens is 493 g/mol. The van der Waals surface area contributed by atoms with E-state index in [1.54, 1.807) is 4.90 Å². The third-order valence-corrected chi connectivity index (χ3v) is 10.6. The Balaban J connectivity index is 1.30. The van der Waals surface area contributed by atoms with Gasteiger partial charge in [-0.05, 0) is 103 Å². The molecule has 5 aliphatic rings. The normalized spacial score (nSPS) is 30.4. The van der Waals surface area contributed by atoms with Crippen molar-refractivity contribution in [3.63, 3.8) is 0 Å². The molecule has 8 nitrogen and oxygen atoms in total.